The molecule has 74 valence electrons. The third kappa shape index (κ3) is 2.29. The second-order valence-corrected chi connectivity index (χ2v) is 4.25. The fourth-order valence-electron chi connectivity index (χ4n) is 1.09. The first-order chi connectivity index (χ1) is 6.02. The Kier molecular flexibility index (Phi) is 3.07. The summed E-state index contributed by atoms with van der Waals surface area (Å²) in [5, 5.41) is 8.26. The lowest BCUT2D eigenvalue weighted by Gasteiger charge is -2.11. The van der Waals surface area contributed by atoms with Crippen molar-refractivity contribution >= 4 is 0 Å². The first kappa shape index (κ1) is 10.2. The molecule has 0 aromatic carbocycles. The summed E-state index contributed by atoms with van der Waals surface area (Å²) >= 11 is 0. The average Bonchev–Trinajstić information content (AvgIpc) is 2.50. The quantitative estimate of drug-likeness (QED) is 0.717. The van der Waals surface area contributed by atoms with Crippen LogP contribution in [-0.4, -0.2) is 15.0 Å². The lowest BCUT2D eigenvalue weighted by Crippen LogP contribution is -2.02. The van der Waals surface area contributed by atoms with Crippen LogP contribution in [0.4, 0.5) is 0 Å². The van der Waals surface area contributed by atoms with E-state index in [2.05, 4.69) is 51.1 Å². The zero-order valence-corrected chi connectivity index (χ0v) is 9.15. The molecule has 0 saturated heterocycles. The van der Waals surface area contributed by atoms with Gasteiger partial charge in [-0.05, 0) is 19.8 Å². The van der Waals surface area contributed by atoms with Crippen molar-refractivity contribution < 1.29 is 0 Å². The number of hydrogen-bond acceptors (Lipinski definition) is 2. The molecule has 0 aliphatic rings. The van der Waals surface area contributed by atoms with Crippen molar-refractivity contribution in [2.75, 3.05) is 0 Å². The smallest absolute Gasteiger partial charge is 0.0857 e. The molecule has 1 rings (SSSR count). The van der Waals surface area contributed by atoms with Gasteiger partial charge in [0.05, 0.1) is 5.69 Å². The van der Waals surface area contributed by atoms with Gasteiger partial charge in [0.25, 0.3) is 0 Å². The molecule has 0 bridgehead atoms. The van der Waals surface area contributed by atoms with Crippen LogP contribution in [-0.2, 0) is 0 Å². The van der Waals surface area contributed by atoms with Crippen molar-refractivity contribution in [2.45, 2.75) is 46.6 Å². The van der Waals surface area contributed by atoms with Crippen molar-refractivity contribution in [3.05, 3.63) is 11.9 Å². The van der Waals surface area contributed by atoms with Crippen LogP contribution in [0.5, 0.6) is 0 Å². The normalized spacial score (nSPS) is 14.1. The van der Waals surface area contributed by atoms with Crippen molar-refractivity contribution in [1.82, 2.24) is 15.0 Å². The fraction of sp³-hybridized carbons (Fsp3) is 0.800. The zero-order valence-electron chi connectivity index (χ0n) is 9.15. The minimum Gasteiger partial charge on any atom is -0.250 e. The molecule has 1 unspecified atom stereocenters. The standard InChI is InChI=1S/C10H19N3/c1-7(2)9(5)10-6-13(8(3)4)12-11-10/h6-9H,1-5H3. The first-order valence-electron chi connectivity index (χ1n) is 4.94. The molecule has 0 amide bonds. The molecule has 0 aliphatic carbocycles. The molecule has 1 aromatic rings. The van der Waals surface area contributed by atoms with Gasteiger partial charge in [-0.25, -0.2) is 4.68 Å². The van der Waals surface area contributed by atoms with E-state index in [-0.39, 0.29) is 0 Å². The third-order valence-electron chi connectivity index (χ3n) is 2.52. The Balaban J connectivity index is 2.79. The molecule has 0 radical (unpaired) electrons. The second kappa shape index (κ2) is 3.90. The molecule has 1 aromatic heterocycles. The minimum atomic E-state index is 0.403. The van der Waals surface area contributed by atoms with Gasteiger partial charge in [0.2, 0.25) is 0 Å². The highest BCUT2D eigenvalue weighted by Crippen LogP contribution is 2.21. The molecule has 0 N–H and O–H groups in total. The summed E-state index contributed by atoms with van der Waals surface area (Å²) in [4.78, 5) is 0. The number of nitrogens with zero attached hydrogens (tertiary/aromatic N) is 3. The van der Waals surface area contributed by atoms with E-state index in [4.69, 9.17) is 0 Å². The molecule has 0 aliphatic heterocycles. The highest BCUT2D eigenvalue weighted by Gasteiger charge is 2.14. The van der Waals surface area contributed by atoms with Crippen LogP contribution in [0.3, 0.4) is 0 Å². The Hall–Kier alpha value is -0.860. The maximum Gasteiger partial charge on any atom is 0.0857 e. The highest BCUT2D eigenvalue weighted by molar-refractivity contribution is 5.01. The van der Waals surface area contributed by atoms with Gasteiger partial charge in [-0.2, -0.15) is 0 Å². The van der Waals surface area contributed by atoms with Crippen LogP contribution in [0.25, 0.3) is 0 Å². The number of aromatic nitrogens is 3. The fourth-order valence-corrected chi connectivity index (χ4v) is 1.09. The summed E-state index contributed by atoms with van der Waals surface area (Å²) in [6.45, 7) is 10.8. The summed E-state index contributed by atoms with van der Waals surface area (Å²) in [7, 11) is 0. The molecule has 3 nitrogen and oxygen atoms in total. The van der Waals surface area contributed by atoms with E-state index < -0.39 is 0 Å². The van der Waals surface area contributed by atoms with Crippen LogP contribution in [0.1, 0.15) is 52.3 Å². The Morgan fingerprint density at radius 2 is 1.77 bits per heavy atom. The zero-order chi connectivity index (χ0) is 10.0. The summed E-state index contributed by atoms with van der Waals surface area (Å²) in [6.07, 6.45) is 2.05. The second-order valence-electron chi connectivity index (χ2n) is 4.25. The van der Waals surface area contributed by atoms with Crippen molar-refractivity contribution in [1.29, 1.82) is 0 Å². The van der Waals surface area contributed by atoms with Crippen LogP contribution in [0, 0.1) is 5.92 Å². The van der Waals surface area contributed by atoms with E-state index in [1.165, 1.54) is 0 Å². The number of hydrogen-bond donors (Lipinski definition) is 0. The monoisotopic (exact) mass is 181 g/mol. The lowest BCUT2D eigenvalue weighted by atomic mass is 9.95. The largest absolute Gasteiger partial charge is 0.250 e. The average molecular weight is 181 g/mol. The van der Waals surface area contributed by atoms with Gasteiger partial charge >= 0.3 is 0 Å². The Labute approximate surface area is 80.1 Å². The van der Waals surface area contributed by atoms with E-state index in [9.17, 15) is 0 Å². The maximum atomic E-state index is 4.17. The number of rotatable bonds is 3. The molecule has 0 saturated carbocycles. The molecule has 0 spiro atoms. The molecule has 3 heteroatoms. The van der Waals surface area contributed by atoms with E-state index in [1.807, 2.05) is 4.68 Å². The third-order valence-corrected chi connectivity index (χ3v) is 2.52. The van der Waals surface area contributed by atoms with Crippen LogP contribution < -0.4 is 0 Å². The Morgan fingerprint density at radius 3 is 2.15 bits per heavy atom. The summed E-state index contributed by atoms with van der Waals surface area (Å²) in [5.74, 6) is 1.12. The van der Waals surface area contributed by atoms with Gasteiger partial charge < -0.3 is 0 Å². The van der Waals surface area contributed by atoms with Gasteiger partial charge in [-0.15, -0.1) is 5.10 Å². The topological polar surface area (TPSA) is 30.7 Å². The van der Waals surface area contributed by atoms with E-state index >= 15 is 0 Å². The highest BCUT2D eigenvalue weighted by atomic mass is 15.4. The Bertz CT molecular complexity index is 263. The minimum absolute atomic E-state index is 0.403. The molecule has 1 heterocycles. The van der Waals surface area contributed by atoms with E-state index in [0.29, 0.717) is 17.9 Å². The van der Waals surface area contributed by atoms with E-state index in [0.717, 1.165) is 5.69 Å². The van der Waals surface area contributed by atoms with Gasteiger partial charge in [-0.3, -0.25) is 0 Å². The molecular formula is C10H19N3. The van der Waals surface area contributed by atoms with Gasteiger partial charge in [0, 0.05) is 18.2 Å². The van der Waals surface area contributed by atoms with Gasteiger partial charge in [0.15, 0.2) is 0 Å². The van der Waals surface area contributed by atoms with Crippen LogP contribution in [0.15, 0.2) is 6.20 Å². The maximum absolute atomic E-state index is 4.17. The lowest BCUT2D eigenvalue weighted by molar-refractivity contribution is 0.513. The molecule has 1 atom stereocenters. The van der Waals surface area contributed by atoms with Crippen molar-refractivity contribution in [3.8, 4) is 0 Å². The van der Waals surface area contributed by atoms with Gasteiger partial charge in [0.1, 0.15) is 0 Å². The van der Waals surface area contributed by atoms with Crippen molar-refractivity contribution in [3.63, 3.8) is 0 Å². The van der Waals surface area contributed by atoms with Crippen LogP contribution >= 0.6 is 0 Å². The summed E-state index contributed by atoms with van der Waals surface area (Å²) in [5.41, 5.74) is 1.10. The van der Waals surface area contributed by atoms with Crippen LogP contribution in [0.2, 0.25) is 0 Å². The predicted octanol–water partition coefficient (Wildman–Crippen LogP) is 2.62. The molecule has 13 heavy (non-hydrogen) atoms. The van der Waals surface area contributed by atoms with E-state index in [1.54, 1.807) is 0 Å². The molecular weight excluding hydrogens is 162 g/mol. The SMILES string of the molecule is CC(C)C(C)c1cn(C(C)C)nn1. The molecule has 0 fully saturated rings. The predicted molar refractivity (Wildman–Crippen MR) is 53.7 cm³/mol. The summed E-state index contributed by atoms with van der Waals surface area (Å²) in [6, 6.07) is 0.403. The first-order valence-corrected chi connectivity index (χ1v) is 4.94. The summed E-state index contributed by atoms with van der Waals surface area (Å²) < 4.78 is 1.91. The van der Waals surface area contributed by atoms with Crippen molar-refractivity contribution in [2.24, 2.45) is 5.92 Å². The van der Waals surface area contributed by atoms with Gasteiger partial charge in [-0.1, -0.05) is 26.0 Å². The Morgan fingerprint density at radius 1 is 1.15 bits per heavy atom.